The molecule has 0 aliphatic rings. The van der Waals surface area contributed by atoms with E-state index in [-0.39, 0.29) is 11.7 Å². The summed E-state index contributed by atoms with van der Waals surface area (Å²) in [5.74, 6) is 2.09. The summed E-state index contributed by atoms with van der Waals surface area (Å²) in [7, 11) is 6.29. The molecular formula is C25H24N2O6. The quantitative estimate of drug-likeness (QED) is 0.428. The highest BCUT2D eigenvalue weighted by molar-refractivity contribution is 5.93. The summed E-state index contributed by atoms with van der Waals surface area (Å²) in [6.07, 6.45) is 3.14. The lowest BCUT2D eigenvalue weighted by Gasteiger charge is -2.22. The smallest absolute Gasteiger partial charge is 0.287 e. The Morgan fingerprint density at radius 1 is 0.879 bits per heavy atom. The molecule has 0 bridgehead atoms. The molecule has 8 nitrogen and oxygen atoms in total. The number of rotatable bonds is 8. The van der Waals surface area contributed by atoms with Crippen LogP contribution in [0.25, 0.3) is 10.8 Å². The Hall–Kier alpha value is -4.20. The molecule has 1 atom stereocenters. The molecule has 8 heteroatoms. The van der Waals surface area contributed by atoms with Crippen molar-refractivity contribution in [1.29, 1.82) is 0 Å². The van der Waals surface area contributed by atoms with Crippen LogP contribution in [0.4, 0.5) is 0 Å². The molecule has 2 aromatic carbocycles. The molecule has 0 aliphatic heterocycles. The third-order valence-electron chi connectivity index (χ3n) is 5.33. The summed E-state index contributed by atoms with van der Waals surface area (Å²) in [6.45, 7) is 0. The van der Waals surface area contributed by atoms with E-state index >= 15 is 0 Å². The monoisotopic (exact) mass is 448 g/mol. The minimum atomic E-state index is -0.621. The largest absolute Gasteiger partial charge is 0.493 e. The molecule has 0 unspecified atom stereocenters. The molecule has 33 heavy (non-hydrogen) atoms. The molecule has 4 rings (SSSR count). The van der Waals surface area contributed by atoms with Gasteiger partial charge < -0.3 is 28.7 Å². The summed E-state index contributed by atoms with van der Waals surface area (Å²) in [4.78, 5) is 17.6. The van der Waals surface area contributed by atoms with Gasteiger partial charge in [0.25, 0.3) is 5.91 Å². The number of fused-ring (bicyclic) bond motifs is 1. The van der Waals surface area contributed by atoms with Crippen molar-refractivity contribution >= 4 is 16.7 Å². The van der Waals surface area contributed by atoms with Gasteiger partial charge in [0.05, 0.1) is 46.4 Å². The number of carbonyl (C=O) groups is 1. The zero-order valence-corrected chi connectivity index (χ0v) is 18.7. The predicted molar refractivity (Wildman–Crippen MR) is 122 cm³/mol. The summed E-state index contributed by atoms with van der Waals surface area (Å²) in [6, 6.07) is 13.7. The molecule has 0 saturated carbocycles. The van der Waals surface area contributed by atoms with E-state index < -0.39 is 6.04 Å². The highest BCUT2D eigenvalue weighted by Gasteiger charge is 2.24. The zero-order chi connectivity index (χ0) is 23.4. The number of methoxy groups -OCH3 is 4. The normalized spacial score (nSPS) is 11.6. The van der Waals surface area contributed by atoms with Crippen molar-refractivity contribution in [3.8, 4) is 23.0 Å². The maximum Gasteiger partial charge on any atom is 0.287 e. The lowest BCUT2D eigenvalue weighted by atomic mass is 9.97. The summed E-state index contributed by atoms with van der Waals surface area (Å²) < 4.78 is 27.1. The molecule has 1 amide bonds. The maximum absolute atomic E-state index is 13.0. The Morgan fingerprint density at radius 3 is 2.24 bits per heavy atom. The average Bonchev–Trinajstić information content (AvgIpc) is 3.41. The van der Waals surface area contributed by atoms with Gasteiger partial charge >= 0.3 is 0 Å². The Balaban J connectivity index is 1.89. The molecule has 0 aliphatic carbocycles. The van der Waals surface area contributed by atoms with Crippen LogP contribution in [0.5, 0.6) is 23.0 Å². The Morgan fingerprint density at radius 2 is 1.58 bits per heavy atom. The highest BCUT2D eigenvalue weighted by atomic mass is 16.5. The van der Waals surface area contributed by atoms with Crippen LogP contribution >= 0.6 is 0 Å². The SMILES string of the molecule is COc1ccc([C@@H](NC(=O)c2ccco2)c2nccc3cc(OC)c(OC)cc23)cc1OC. The molecule has 0 radical (unpaired) electrons. The number of furan rings is 1. The fourth-order valence-electron chi connectivity index (χ4n) is 3.70. The van der Waals surface area contributed by atoms with E-state index in [0.29, 0.717) is 28.7 Å². The first-order valence-electron chi connectivity index (χ1n) is 10.2. The van der Waals surface area contributed by atoms with Gasteiger partial charge in [-0.2, -0.15) is 0 Å². The number of aromatic nitrogens is 1. The molecule has 2 aromatic heterocycles. The number of amides is 1. The van der Waals surface area contributed by atoms with Gasteiger partial charge in [0, 0.05) is 11.6 Å². The van der Waals surface area contributed by atoms with Crippen LogP contribution in [0.3, 0.4) is 0 Å². The number of benzene rings is 2. The van der Waals surface area contributed by atoms with Gasteiger partial charge in [0.2, 0.25) is 0 Å². The standard InChI is InChI=1S/C25H24N2O6/c1-29-18-8-7-16(13-20(18)30-2)23(27-25(28)19-6-5-11-33-19)24-17-14-22(32-4)21(31-3)12-15(17)9-10-26-24/h5-14,23H,1-4H3,(H,27,28)/t23-/m1/s1. The van der Waals surface area contributed by atoms with Crippen molar-refractivity contribution in [2.24, 2.45) is 0 Å². The Bertz CT molecular complexity index is 1270. The number of ether oxygens (including phenoxy) is 4. The number of nitrogens with one attached hydrogen (secondary N) is 1. The van der Waals surface area contributed by atoms with Gasteiger partial charge in [-0.05, 0) is 53.4 Å². The van der Waals surface area contributed by atoms with Gasteiger partial charge in [-0.1, -0.05) is 6.07 Å². The number of hydrogen-bond acceptors (Lipinski definition) is 7. The molecule has 0 saturated heterocycles. The first kappa shape index (κ1) is 22.0. The van der Waals surface area contributed by atoms with Crippen LogP contribution in [0, 0.1) is 0 Å². The van der Waals surface area contributed by atoms with Crippen molar-refractivity contribution in [2.75, 3.05) is 28.4 Å². The van der Waals surface area contributed by atoms with E-state index in [9.17, 15) is 4.79 Å². The lowest BCUT2D eigenvalue weighted by molar-refractivity contribution is 0.0914. The van der Waals surface area contributed by atoms with Crippen LogP contribution < -0.4 is 24.3 Å². The van der Waals surface area contributed by atoms with Crippen molar-refractivity contribution in [3.05, 3.63) is 78.0 Å². The second kappa shape index (κ2) is 9.52. The minimum Gasteiger partial charge on any atom is -0.493 e. The van der Waals surface area contributed by atoms with Gasteiger partial charge in [0.1, 0.15) is 0 Å². The van der Waals surface area contributed by atoms with E-state index in [0.717, 1.165) is 16.3 Å². The lowest BCUT2D eigenvalue weighted by Crippen LogP contribution is -2.30. The van der Waals surface area contributed by atoms with Crippen molar-refractivity contribution in [1.82, 2.24) is 10.3 Å². The second-order valence-electron chi connectivity index (χ2n) is 7.12. The Kier molecular flexibility index (Phi) is 6.35. The van der Waals surface area contributed by atoms with Crippen LogP contribution in [0.15, 0.2) is 65.4 Å². The van der Waals surface area contributed by atoms with E-state index in [1.807, 2.05) is 30.3 Å². The first-order chi connectivity index (χ1) is 16.1. The fourth-order valence-corrected chi connectivity index (χ4v) is 3.70. The number of nitrogens with zero attached hydrogens (tertiary/aromatic N) is 1. The number of hydrogen-bond donors (Lipinski definition) is 1. The summed E-state index contributed by atoms with van der Waals surface area (Å²) in [5.41, 5.74) is 1.38. The zero-order valence-electron chi connectivity index (χ0n) is 18.7. The maximum atomic E-state index is 13.0. The summed E-state index contributed by atoms with van der Waals surface area (Å²) >= 11 is 0. The molecule has 1 N–H and O–H groups in total. The van der Waals surface area contributed by atoms with Crippen LogP contribution in [0.2, 0.25) is 0 Å². The molecule has 0 fully saturated rings. The van der Waals surface area contributed by atoms with Crippen LogP contribution in [0.1, 0.15) is 27.9 Å². The molecule has 170 valence electrons. The van der Waals surface area contributed by atoms with Crippen LogP contribution in [-0.4, -0.2) is 39.3 Å². The number of pyridine rings is 1. The highest BCUT2D eigenvalue weighted by Crippen LogP contribution is 2.37. The topological polar surface area (TPSA) is 92.1 Å². The van der Waals surface area contributed by atoms with Gasteiger partial charge in [0.15, 0.2) is 28.8 Å². The molecular weight excluding hydrogens is 424 g/mol. The van der Waals surface area contributed by atoms with Crippen molar-refractivity contribution in [2.45, 2.75) is 6.04 Å². The molecule has 2 heterocycles. The minimum absolute atomic E-state index is 0.194. The van der Waals surface area contributed by atoms with E-state index in [1.165, 1.54) is 6.26 Å². The average molecular weight is 448 g/mol. The van der Waals surface area contributed by atoms with Crippen molar-refractivity contribution in [3.63, 3.8) is 0 Å². The van der Waals surface area contributed by atoms with Gasteiger partial charge in [-0.15, -0.1) is 0 Å². The first-order valence-corrected chi connectivity index (χ1v) is 10.2. The molecule has 0 spiro atoms. The van der Waals surface area contributed by atoms with Crippen molar-refractivity contribution < 1.29 is 28.2 Å². The third kappa shape index (κ3) is 4.27. The van der Waals surface area contributed by atoms with E-state index in [1.54, 1.807) is 52.8 Å². The molecule has 4 aromatic rings. The second-order valence-corrected chi connectivity index (χ2v) is 7.12. The van der Waals surface area contributed by atoms with Gasteiger partial charge in [-0.25, -0.2) is 0 Å². The Labute approximate surface area is 191 Å². The van der Waals surface area contributed by atoms with Gasteiger partial charge in [-0.3, -0.25) is 9.78 Å². The third-order valence-corrected chi connectivity index (χ3v) is 5.33. The number of carbonyl (C=O) groups excluding carboxylic acids is 1. The summed E-state index contributed by atoms with van der Waals surface area (Å²) in [5, 5.41) is 4.72. The van der Waals surface area contributed by atoms with Crippen LogP contribution in [-0.2, 0) is 0 Å². The fraction of sp³-hybridized carbons (Fsp3) is 0.200. The van der Waals surface area contributed by atoms with E-state index in [4.69, 9.17) is 23.4 Å². The predicted octanol–water partition coefficient (Wildman–Crippen LogP) is 4.38. The van der Waals surface area contributed by atoms with E-state index in [2.05, 4.69) is 10.3 Å².